The largest absolute Gasteiger partial charge is 0.460 e. The molecule has 6 aromatic carbocycles. The highest BCUT2D eigenvalue weighted by Gasteiger charge is 2.48. The molecular weight excluding hydrogens is 783 g/mol. The molecule has 0 N–H and O–H groups in total. The van der Waals surface area contributed by atoms with Gasteiger partial charge in [0.2, 0.25) is 0 Å². The fourth-order valence-corrected chi connectivity index (χ4v) is 10.8. The molecular formula is C58H43N5O. The topological polar surface area (TPSA) is 54.4 Å². The molecule has 64 heavy (non-hydrogen) atoms. The Balaban J connectivity index is 0.800. The summed E-state index contributed by atoms with van der Waals surface area (Å²) in [5.41, 5.74) is 16.6. The van der Waals surface area contributed by atoms with Gasteiger partial charge in [-0.3, -0.25) is 0 Å². The Labute approximate surface area is 373 Å². The lowest BCUT2D eigenvalue weighted by atomic mass is 9.76. The van der Waals surface area contributed by atoms with Crippen LogP contribution in [-0.2, 0) is 5.41 Å². The van der Waals surface area contributed by atoms with E-state index in [1.807, 2.05) is 60.7 Å². The van der Waals surface area contributed by atoms with Crippen molar-refractivity contribution >= 4 is 22.6 Å². The molecule has 13 rings (SSSR count). The third-order valence-electron chi connectivity index (χ3n) is 14.0. The number of hydrogen-bond acceptors (Lipinski definition) is 6. The van der Waals surface area contributed by atoms with Gasteiger partial charge in [-0.05, 0) is 85.4 Å². The maximum atomic E-state index is 6.80. The predicted octanol–water partition coefficient (Wildman–Crippen LogP) is 13.7. The number of hydrogen-bond donors (Lipinski definition) is 0. The third-order valence-corrected chi connectivity index (χ3v) is 14.0. The van der Waals surface area contributed by atoms with E-state index in [1.165, 1.54) is 50.7 Å². The van der Waals surface area contributed by atoms with Gasteiger partial charge in [0.15, 0.2) is 17.5 Å². The van der Waals surface area contributed by atoms with Crippen LogP contribution in [0.1, 0.15) is 48.8 Å². The molecule has 0 bridgehead atoms. The molecule has 1 aromatic heterocycles. The second-order valence-corrected chi connectivity index (χ2v) is 17.6. The molecule has 3 aliphatic heterocycles. The molecule has 6 nitrogen and oxygen atoms in total. The van der Waals surface area contributed by atoms with Gasteiger partial charge in [-0.25, -0.2) is 15.0 Å². The summed E-state index contributed by atoms with van der Waals surface area (Å²) in [5, 5.41) is 0. The number of aromatic nitrogens is 3. The Kier molecular flexibility index (Phi) is 8.26. The third kappa shape index (κ3) is 5.68. The van der Waals surface area contributed by atoms with E-state index in [-0.39, 0.29) is 17.4 Å². The highest BCUT2D eigenvalue weighted by atomic mass is 16.5. The first kappa shape index (κ1) is 36.8. The smallest absolute Gasteiger partial charge is 0.164 e. The first-order valence-corrected chi connectivity index (χ1v) is 22.4. The van der Waals surface area contributed by atoms with Crippen molar-refractivity contribution in [1.29, 1.82) is 0 Å². The number of fused-ring (bicyclic) bond motifs is 10. The van der Waals surface area contributed by atoms with Crippen molar-refractivity contribution in [1.82, 2.24) is 15.0 Å². The number of ether oxygens (including phenoxy) is 1. The van der Waals surface area contributed by atoms with Gasteiger partial charge in [0, 0.05) is 62.1 Å². The van der Waals surface area contributed by atoms with Crippen LogP contribution in [0.5, 0.6) is 5.75 Å². The highest BCUT2D eigenvalue weighted by Crippen LogP contribution is 2.60. The van der Waals surface area contributed by atoms with Crippen LogP contribution in [0.3, 0.4) is 0 Å². The summed E-state index contributed by atoms with van der Waals surface area (Å²) in [5.74, 6) is 4.36. The number of benzene rings is 6. The van der Waals surface area contributed by atoms with Crippen LogP contribution < -0.4 is 14.5 Å². The zero-order valence-electron chi connectivity index (χ0n) is 35.4. The Morgan fingerprint density at radius 1 is 0.594 bits per heavy atom. The van der Waals surface area contributed by atoms with Gasteiger partial charge in [-0.2, -0.15) is 0 Å². The molecule has 0 saturated heterocycles. The van der Waals surface area contributed by atoms with Gasteiger partial charge in [-0.15, -0.1) is 0 Å². The molecule has 0 amide bonds. The average Bonchev–Trinajstić information content (AvgIpc) is 3.99. The molecule has 6 heteroatoms. The summed E-state index contributed by atoms with van der Waals surface area (Å²) in [6, 6.07) is 51.6. The Bertz CT molecular complexity index is 3180. The minimum absolute atomic E-state index is 0.114. The van der Waals surface area contributed by atoms with E-state index >= 15 is 0 Å². The molecule has 3 atom stereocenters. The van der Waals surface area contributed by atoms with Crippen LogP contribution in [0.2, 0.25) is 0 Å². The Morgan fingerprint density at radius 2 is 1.22 bits per heavy atom. The summed E-state index contributed by atoms with van der Waals surface area (Å²) in [6.07, 6.45) is 21.1. The van der Waals surface area contributed by atoms with Crippen molar-refractivity contribution in [2.75, 3.05) is 9.80 Å². The lowest BCUT2D eigenvalue weighted by molar-refractivity contribution is 0.374. The Morgan fingerprint density at radius 3 is 1.94 bits per heavy atom. The van der Waals surface area contributed by atoms with Gasteiger partial charge in [0.05, 0.1) is 17.1 Å². The monoisotopic (exact) mass is 825 g/mol. The summed E-state index contributed by atoms with van der Waals surface area (Å²) in [7, 11) is 0. The molecule has 7 aromatic rings. The molecule has 0 saturated carbocycles. The number of nitrogens with zero attached hydrogens (tertiary/aromatic N) is 5. The van der Waals surface area contributed by atoms with E-state index in [1.54, 1.807) is 0 Å². The van der Waals surface area contributed by atoms with E-state index in [0.717, 1.165) is 58.6 Å². The fraction of sp³-hybridized carbons (Fsp3) is 0.121. The van der Waals surface area contributed by atoms with Crippen LogP contribution in [-0.4, -0.2) is 21.0 Å². The number of anilines is 3. The highest BCUT2D eigenvalue weighted by molar-refractivity contribution is 5.95. The van der Waals surface area contributed by atoms with E-state index in [0.29, 0.717) is 17.5 Å². The number of para-hydroxylation sites is 1. The van der Waals surface area contributed by atoms with Gasteiger partial charge in [-0.1, -0.05) is 152 Å². The molecule has 0 radical (unpaired) electrons. The quantitative estimate of drug-likeness (QED) is 0.166. The number of allylic oxidation sites excluding steroid dienone is 9. The van der Waals surface area contributed by atoms with Gasteiger partial charge >= 0.3 is 0 Å². The molecule has 306 valence electrons. The fourth-order valence-electron chi connectivity index (χ4n) is 10.8. The van der Waals surface area contributed by atoms with Crippen molar-refractivity contribution < 1.29 is 4.74 Å². The Hall–Kier alpha value is -7.83. The molecule has 4 heterocycles. The van der Waals surface area contributed by atoms with Crippen LogP contribution in [0, 0.1) is 0 Å². The SMILES string of the molecule is CC12CC=CC=C1Oc1c2ccc2c1C1CC=CC=C1N2C1=CCC2C(=C1)c1ccccc1N2c1ccc(-c2ccc(-c3nc(-c4ccccc4)nc(-c4ccccc4)n3)cc2)cc1. The van der Waals surface area contributed by atoms with E-state index in [2.05, 4.69) is 150 Å². The summed E-state index contributed by atoms with van der Waals surface area (Å²) in [4.78, 5) is 19.8. The van der Waals surface area contributed by atoms with E-state index in [4.69, 9.17) is 19.7 Å². The summed E-state index contributed by atoms with van der Waals surface area (Å²) < 4.78 is 6.80. The van der Waals surface area contributed by atoms with Crippen molar-refractivity contribution in [2.24, 2.45) is 0 Å². The van der Waals surface area contributed by atoms with E-state index < -0.39 is 0 Å². The first-order chi connectivity index (χ1) is 31.6. The van der Waals surface area contributed by atoms with Crippen LogP contribution in [0.15, 0.2) is 211 Å². The van der Waals surface area contributed by atoms with Crippen LogP contribution in [0.4, 0.5) is 17.1 Å². The maximum absolute atomic E-state index is 6.80. The second kappa shape index (κ2) is 14.4. The van der Waals surface area contributed by atoms with Crippen LogP contribution in [0.25, 0.3) is 50.9 Å². The lowest BCUT2D eigenvalue weighted by Gasteiger charge is -2.32. The molecule has 0 fully saturated rings. The summed E-state index contributed by atoms with van der Waals surface area (Å²) in [6.45, 7) is 2.33. The number of rotatable bonds is 6. The standard InChI is InChI=1S/C58H43N5O/c1-58-35-13-12-22-52(58)64-54-47(58)32-34-51-53(54)45-19-9-11-21-49(45)63(51)43-31-33-50-46(36-43)44-18-8-10-20-48(44)62(50)42-29-27-38(28-30-42)37-23-25-41(26-24-37)57-60-55(39-14-4-2-5-15-39)59-56(61-57)40-16-6-3-7-17-40/h2-18,20-32,34,36,45,50H,19,33,35H2,1H3. The van der Waals surface area contributed by atoms with Crippen LogP contribution >= 0.6 is 0 Å². The van der Waals surface area contributed by atoms with Crippen molar-refractivity contribution in [3.8, 4) is 51.0 Å². The van der Waals surface area contributed by atoms with Crippen molar-refractivity contribution in [2.45, 2.75) is 43.6 Å². The molecule has 3 aliphatic carbocycles. The average molecular weight is 826 g/mol. The summed E-state index contributed by atoms with van der Waals surface area (Å²) >= 11 is 0. The molecule has 6 aliphatic rings. The lowest BCUT2D eigenvalue weighted by Crippen LogP contribution is -2.29. The van der Waals surface area contributed by atoms with Crippen molar-refractivity contribution in [3.05, 3.63) is 228 Å². The predicted molar refractivity (Wildman–Crippen MR) is 258 cm³/mol. The zero-order chi connectivity index (χ0) is 42.4. The minimum atomic E-state index is -0.114. The maximum Gasteiger partial charge on any atom is 0.164 e. The molecule has 3 unspecified atom stereocenters. The van der Waals surface area contributed by atoms with Crippen molar-refractivity contribution in [3.63, 3.8) is 0 Å². The van der Waals surface area contributed by atoms with Gasteiger partial charge in [0.25, 0.3) is 0 Å². The van der Waals surface area contributed by atoms with Gasteiger partial charge in [0.1, 0.15) is 11.5 Å². The second-order valence-electron chi connectivity index (χ2n) is 17.6. The minimum Gasteiger partial charge on any atom is -0.460 e. The molecule has 0 spiro atoms. The zero-order valence-corrected chi connectivity index (χ0v) is 35.4. The van der Waals surface area contributed by atoms with Gasteiger partial charge < -0.3 is 14.5 Å². The van der Waals surface area contributed by atoms with E-state index in [9.17, 15) is 0 Å². The normalized spacial score (nSPS) is 20.8. The first-order valence-electron chi connectivity index (χ1n) is 22.4.